The van der Waals surface area contributed by atoms with Gasteiger partial charge in [-0.25, -0.2) is 4.39 Å². The molecule has 21 heavy (non-hydrogen) atoms. The molecule has 7 heteroatoms. The van der Waals surface area contributed by atoms with Crippen LogP contribution in [0.2, 0.25) is 0 Å². The SMILES string of the molecule is C=CC[C@@H](c1cc(Br)cc(F)c1O)N1CCNCC1.Cl.Cl. The summed E-state index contributed by atoms with van der Waals surface area (Å²) in [6.07, 6.45) is 2.49. The molecule has 2 rings (SSSR count). The van der Waals surface area contributed by atoms with Crippen molar-refractivity contribution in [1.82, 2.24) is 10.2 Å². The second-order valence-corrected chi connectivity index (χ2v) is 5.57. The molecular weight excluding hydrogens is 382 g/mol. The predicted molar refractivity (Wildman–Crippen MR) is 92.3 cm³/mol. The van der Waals surface area contributed by atoms with E-state index in [1.54, 1.807) is 6.07 Å². The molecule has 1 fully saturated rings. The predicted octanol–water partition coefficient (Wildman–Crippen LogP) is 3.66. The van der Waals surface area contributed by atoms with Crippen molar-refractivity contribution >= 4 is 40.7 Å². The Morgan fingerprint density at radius 3 is 2.57 bits per heavy atom. The lowest BCUT2D eigenvalue weighted by molar-refractivity contribution is 0.171. The van der Waals surface area contributed by atoms with Gasteiger partial charge in [0.1, 0.15) is 0 Å². The normalized spacial score (nSPS) is 16.5. The highest BCUT2D eigenvalue weighted by molar-refractivity contribution is 9.10. The van der Waals surface area contributed by atoms with Crippen molar-refractivity contribution in [1.29, 1.82) is 0 Å². The molecule has 0 unspecified atom stereocenters. The van der Waals surface area contributed by atoms with Crippen molar-refractivity contribution in [2.24, 2.45) is 0 Å². The highest BCUT2D eigenvalue weighted by Crippen LogP contribution is 2.35. The number of rotatable bonds is 4. The van der Waals surface area contributed by atoms with Crippen molar-refractivity contribution in [3.05, 3.63) is 40.6 Å². The van der Waals surface area contributed by atoms with Crippen LogP contribution in [0.4, 0.5) is 4.39 Å². The number of benzene rings is 1. The van der Waals surface area contributed by atoms with Gasteiger partial charge in [-0.2, -0.15) is 0 Å². The summed E-state index contributed by atoms with van der Waals surface area (Å²) in [6.45, 7) is 7.34. The number of halogens is 4. The average molecular weight is 402 g/mol. The molecule has 0 amide bonds. The van der Waals surface area contributed by atoms with E-state index in [1.165, 1.54) is 6.07 Å². The fourth-order valence-electron chi connectivity index (χ4n) is 2.46. The summed E-state index contributed by atoms with van der Waals surface area (Å²) in [6, 6.07) is 3.03. The number of aromatic hydroxyl groups is 1. The van der Waals surface area contributed by atoms with Crippen molar-refractivity contribution in [3.63, 3.8) is 0 Å². The van der Waals surface area contributed by atoms with Crippen LogP contribution < -0.4 is 5.32 Å². The highest BCUT2D eigenvalue weighted by Gasteiger charge is 2.25. The molecule has 1 heterocycles. The topological polar surface area (TPSA) is 35.5 Å². The minimum absolute atomic E-state index is 0. The van der Waals surface area contributed by atoms with Crippen LogP contribution in [0.5, 0.6) is 5.75 Å². The summed E-state index contributed by atoms with van der Waals surface area (Å²) in [7, 11) is 0. The lowest BCUT2D eigenvalue weighted by atomic mass is 10.00. The van der Waals surface area contributed by atoms with E-state index in [0.29, 0.717) is 16.5 Å². The van der Waals surface area contributed by atoms with Crippen molar-refractivity contribution in [2.45, 2.75) is 12.5 Å². The Morgan fingerprint density at radius 2 is 2.00 bits per heavy atom. The molecule has 1 aliphatic rings. The molecule has 1 aromatic rings. The third-order valence-electron chi connectivity index (χ3n) is 3.40. The standard InChI is InChI=1S/C14H18BrFN2O.2ClH/c1-2-3-13(18-6-4-17-5-7-18)11-8-10(15)9-12(16)14(11)19;;/h2,8-9,13,17,19H,1,3-7H2;2*1H/t13-;;/m0../s1. The molecular formula is C14H20BrCl2FN2O. The molecule has 0 aromatic heterocycles. The molecule has 3 nitrogen and oxygen atoms in total. The van der Waals surface area contributed by atoms with Crippen LogP contribution in [0.1, 0.15) is 18.0 Å². The van der Waals surface area contributed by atoms with Gasteiger partial charge in [0.05, 0.1) is 0 Å². The first-order valence-electron chi connectivity index (χ1n) is 6.37. The zero-order chi connectivity index (χ0) is 13.8. The Balaban J connectivity index is 0.00000200. The molecule has 1 atom stereocenters. The number of hydrogen-bond acceptors (Lipinski definition) is 3. The van der Waals surface area contributed by atoms with Gasteiger partial charge < -0.3 is 10.4 Å². The molecule has 0 bridgehead atoms. The van der Waals surface area contributed by atoms with Gasteiger partial charge in [-0.15, -0.1) is 31.4 Å². The fourth-order valence-corrected chi connectivity index (χ4v) is 2.91. The molecule has 1 aromatic carbocycles. The van der Waals surface area contributed by atoms with Gasteiger partial charge in [0, 0.05) is 42.3 Å². The van der Waals surface area contributed by atoms with Crippen LogP contribution in [-0.4, -0.2) is 36.2 Å². The van der Waals surface area contributed by atoms with Crippen molar-refractivity contribution < 1.29 is 9.50 Å². The van der Waals surface area contributed by atoms with Crippen LogP contribution in [0.15, 0.2) is 29.3 Å². The average Bonchev–Trinajstić information content (AvgIpc) is 2.41. The van der Waals surface area contributed by atoms with Gasteiger partial charge in [0.25, 0.3) is 0 Å². The van der Waals surface area contributed by atoms with E-state index in [0.717, 1.165) is 26.2 Å². The maximum Gasteiger partial charge on any atom is 0.166 e. The van der Waals surface area contributed by atoms with E-state index in [1.807, 2.05) is 6.08 Å². The first kappa shape index (κ1) is 20.7. The molecule has 1 saturated heterocycles. The van der Waals surface area contributed by atoms with E-state index >= 15 is 0 Å². The maximum absolute atomic E-state index is 13.7. The summed E-state index contributed by atoms with van der Waals surface area (Å²) >= 11 is 3.28. The second kappa shape index (κ2) is 9.64. The van der Waals surface area contributed by atoms with E-state index in [9.17, 15) is 9.50 Å². The Hall–Kier alpha value is -0.330. The van der Waals surface area contributed by atoms with Crippen LogP contribution in [0.3, 0.4) is 0 Å². The summed E-state index contributed by atoms with van der Waals surface area (Å²) in [4.78, 5) is 2.25. The fraction of sp³-hybridized carbons (Fsp3) is 0.429. The second-order valence-electron chi connectivity index (χ2n) is 4.65. The number of phenolic OH excluding ortho intramolecular Hbond substituents is 1. The molecule has 120 valence electrons. The first-order chi connectivity index (χ1) is 9.13. The zero-order valence-corrected chi connectivity index (χ0v) is 14.7. The quantitative estimate of drug-likeness (QED) is 0.755. The molecule has 0 radical (unpaired) electrons. The third kappa shape index (κ3) is 5.11. The van der Waals surface area contributed by atoms with E-state index in [4.69, 9.17) is 0 Å². The van der Waals surface area contributed by atoms with E-state index < -0.39 is 5.82 Å². The molecule has 2 N–H and O–H groups in total. The molecule has 0 saturated carbocycles. The Morgan fingerprint density at radius 1 is 1.38 bits per heavy atom. The summed E-state index contributed by atoms with van der Waals surface area (Å²) in [5.41, 5.74) is 0.619. The van der Waals surface area contributed by atoms with Crippen molar-refractivity contribution in [2.75, 3.05) is 26.2 Å². The number of nitrogens with zero attached hydrogens (tertiary/aromatic N) is 1. The van der Waals surface area contributed by atoms with Gasteiger partial charge in [0.2, 0.25) is 0 Å². The van der Waals surface area contributed by atoms with E-state index in [-0.39, 0.29) is 36.6 Å². The van der Waals surface area contributed by atoms with Crippen LogP contribution in [0.25, 0.3) is 0 Å². The van der Waals surface area contributed by atoms with Gasteiger partial charge in [-0.1, -0.05) is 22.0 Å². The Bertz CT molecular complexity index is 471. The molecule has 0 spiro atoms. The largest absolute Gasteiger partial charge is 0.505 e. The zero-order valence-electron chi connectivity index (χ0n) is 11.5. The Kier molecular flexibility index (Phi) is 9.49. The summed E-state index contributed by atoms with van der Waals surface area (Å²) < 4.78 is 14.3. The lowest BCUT2D eigenvalue weighted by Crippen LogP contribution is -2.45. The number of piperazine rings is 1. The van der Waals surface area contributed by atoms with Gasteiger partial charge in [-0.05, 0) is 18.6 Å². The third-order valence-corrected chi connectivity index (χ3v) is 3.86. The molecule has 1 aliphatic heterocycles. The summed E-state index contributed by atoms with van der Waals surface area (Å²) in [5, 5.41) is 13.3. The number of hydrogen-bond donors (Lipinski definition) is 2. The number of phenols is 1. The Labute approximate surface area is 145 Å². The number of nitrogens with one attached hydrogen (secondary N) is 1. The smallest absolute Gasteiger partial charge is 0.166 e. The monoisotopic (exact) mass is 400 g/mol. The van der Waals surface area contributed by atoms with Gasteiger partial charge >= 0.3 is 0 Å². The van der Waals surface area contributed by atoms with Gasteiger partial charge in [0.15, 0.2) is 11.6 Å². The molecule has 0 aliphatic carbocycles. The summed E-state index contributed by atoms with van der Waals surface area (Å²) in [5.74, 6) is -0.845. The first-order valence-corrected chi connectivity index (χ1v) is 7.16. The van der Waals surface area contributed by atoms with E-state index in [2.05, 4.69) is 32.7 Å². The maximum atomic E-state index is 13.7. The van der Waals surface area contributed by atoms with Crippen LogP contribution >= 0.6 is 40.7 Å². The highest BCUT2D eigenvalue weighted by atomic mass is 79.9. The van der Waals surface area contributed by atoms with Crippen molar-refractivity contribution in [3.8, 4) is 5.75 Å². The van der Waals surface area contributed by atoms with Crippen LogP contribution in [-0.2, 0) is 0 Å². The minimum atomic E-state index is -0.589. The lowest BCUT2D eigenvalue weighted by Gasteiger charge is -2.35. The van der Waals surface area contributed by atoms with Crippen LogP contribution in [0, 0.1) is 5.82 Å². The minimum Gasteiger partial charge on any atom is -0.505 e. The van der Waals surface area contributed by atoms with Gasteiger partial charge in [-0.3, -0.25) is 4.90 Å².